The molecule has 1 aromatic carbocycles. The zero-order valence-electron chi connectivity index (χ0n) is 11.8. The van der Waals surface area contributed by atoms with Gasteiger partial charge in [0, 0.05) is 17.8 Å². The van der Waals surface area contributed by atoms with Gasteiger partial charge in [-0.05, 0) is 18.2 Å². The normalized spacial score (nSPS) is 11.7. The van der Waals surface area contributed by atoms with E-state index >= 15 is 0 Å². The third-order valence-electron chi connectivity index (χ3n) is 3.42. The van der Waals surface area contributed by atoms with E-state index in [0.29, 0.717) is 0 Å². The molecule has 0 bridgehead atoms. The van der Waals surface area contributed by atoms with Crippen LogP contribution in [0.25, 0.3) is 10.9 Å². The summed E-state index contributed by atoms with van der Waals surface area (Å²) in [6.45, 7) is 0. The molecule has 0 atom stereocenters. The van der Waals surface area contributed by atoms with Crippen molar-refractivity contribution in [2.45, 2.75) is 6.18 Å². The summed E-state index contributed by atoms with van der Waals surface area (Å²) in [5, 5.41) is -0.0443. The minimum atomic E-state index is -5.04. The highest BCUT2D eigenvalue weighted by Crippen LogP contribution is 2.29. The Balaban J connectivity index is 2.22. The molecule has 0 aliphatic carbocycles. The molecular weight excluding hydrogens is 345 g/mol. The lowest BCUT2D eigenvalue weighted by molar-refractivity contribution is -0.0884. The van der Waals surface area contributed by atoms with Crippen LogP contribution >= 0.6 is 11.6 Å². The Hall–Kier alpha value is -2.67. The zero-order chi connectivity index (χ0) is 17.5. The first-order valence-electron chi connectivity index (χ1n) is 6.67. The standard InChI is InChI=1S/C16H8ClF3N2O2/c17-14-10(5-3-7-21-14)15(24)22-8-11(13(23)16(18,19)20)9-4-1-2-6-12(9)22/h1-8H. The summed E-state index contributed by atoms with van der Waals surface area (Å²) in [6, 6.07) is 8.72. The number of hydrogen-bond acceptors (Lipinski definition) is 3. The van der Waals surface area contributed by atoms with Crippen LogP contribution in [0.1, 0.15) is 20.7 Å². The third kappa shape index (κ3) is 2.67. The fraction of sp³-hybridized carbons (Fsp3) is 0.0625. The van der Waals surface area contributed by atoms with Crippen molar-refractivity contribution in [2.75, 3.05) is 0 Å². The first-order valence-corrected chi connectivity index (χ1v) is 7.05. The average molecular weight is 353 g/mol. The van der Waals surface area contributed by atoms with Crippen molar-refractivity contribution >= 4 is 34.2 Å². The SMILES string of the molecule is O=C(c1cccnc1Cl)n1cc(C(=O)C(F)(F)F)c2ccccc21. The van der Waals surface area contributed by atoms with Crippen LogP contribution in [0.5, 0.6) is 0 Å². The smallest absolute Gasteiger partial charge is 0.284 e. The molecule has 0 aliphatic heterocycles. The van der Waals surface area contributed by atoms with Crippen molar-refractivity contribution in [3.63, 3.8) is 0 Å². The highest BCUT2D eigenvalue weighted by molar-refractivity contribution is 6.33. The van der Waals surface area contributed by atoms with Gasteiger partial charge in [0.1, 0.15) is 5.15 Å². The van der Waals surface area contributed by atoms with Crippen LogP contribution < -0.4 is 0 Å². The lowest BCUT2D eigenvalue weighted by atomic mass is 10.1. The highest BCUT2D eigenvalue weighted by atomic mass is 35.5. The molecule has 2 aromatic heterocycles. The Labute approximate surface area is 138 Å². The van der Waals surface area contributed by atoms with Crippen molar-refractivity contribution in [3.05, 3.63) is 65.1 Å². The van der Waals surface area contributed by atoms with Crippen molar-refractivity contribution in [2.24, 2.45) is 0 Å². The van der Waals surface area contributed by atoms with E-state index in [1.165, 1.54) is 36.5 Å². The van der Waals surface area contributed by atoms with Crippen LogP contribution in [0.3, 0.4) is 0 Å². The number of rotatable bonds is 2. The van der Waals surface area contributed by atoms with Crippen molar-refractivity contribution in [1.82, 2.24) is 9.55 Å². The summed E-state index contributed by atoms with van der Waals surface area (Å²) in [5.74, 6) is -2.69. The number of hydrogen-bond donors (Lipinski definition) is 0. The van der Waals surface area contributed by atoms with E-state index in [2.05, 4.69) is 4.98 Å². The van der Waals surface area contributed by atoms with E-state index in [4.69, 9.17) is 11.6 Å². The van der Waals surface area contributed by atoms with Crippen LogP contribution in [-0.4, -0.2) is 27.4 Å². The topological polar surface area (TPSA) is 52.0 Å². The number of carbonyl (C=O) groups is 2. The summed E-state index contributed by atoms with van der Waals surface area (Å²) in [5.41, 5.74) is -0.396. The maximum absolute atomic E-state index is 12.8. The molecule has 0 amide bonds. The molecule has 3 rings (SSSR count). The number of alkyl halides is 3. The quantitative estimate of drug-likeness (QED) is 0.515. The maximum Gasteiger partial charge on any atom is 0.454 e. The van der Waals surface area contributed by atoms with Crippen LogP contribution in [0.2, 0.25) is 5.15 Å². The molecule has 24 heavy (non-hydrogen) atoms. The number of benzene rings is 1. The Morgan fingerprint density at radius 2 is 1.75 bits per heavy atom. The van der Waals surface area contributed by atoms with Gasteiger partial charge in [-0.2, -0.15) is 13.2 Å². The van der Waals surface area contributed by atoms with Gasteiger partial charge >= 0.3 is 6.18 Å². The van der Waals surface area contributed by atoms with E-state index in [0.717, 1.165) is 10.8 Å². The predicted molar refractivity (Wildman–Crippen MR) is 81.3 cm³/mol. The number of carbonyl (C=O) groups excluding carboxylic acids is 2. The molecule has 3 aromatic rings. The van der Waals surface area contributed by atoms with Crippen molar-refractivity contribution in [1.29, 1.82) is 0 Å². The lowest BCUT2D eigenvalue weighted by Crippen LogP contribution is -2.22. The fourth-order valence-electron chi connectivity index (χ4n) is 2.36. The Kier molecular flexibility index (Phi) is 3.88. The van der Waals surface area contributed by atoms with E-state index in [9.17, 15) is 22.8 Å². The monoisotopic (exact) mass is 352 g/mol. The first kappa shape index (κ1) is 16.2. The number of pyridine rings is 1. The molecule has 0 aliphatic rings. The van der Waals surface area contributed by atoms with Gasteiger partial charge in [-0.25, -0.2) is 4.98 Å². The molecule has 122 valence electrons. The van der Waals surface area contributed by atoms with Gasteiger partial charge in [-0.3, -0.25) is 14.2 Å². The van der Waals surface area contributed by atoms with E-state index < -0.39 is 23.4 Å². The molecule has 2 heterocycles. The average Bonchev–Trinajstić information content (AvgIpc) is 2.92. The van der Waals surface area contributed by atoms with Gasteiger partial charge in [-0.1, -0.05) is 29.8 Å². The van der Waals surface area contributed by atoms with Gasteiger partial charge in [0.2, 0.25) is 0 Å². The van der Waals surface area contributed by atoms with Gasteiger partial charge < -0.3 is 0 Å². The van der Waals surface area contributed by atoms with Gasteiger partial charge in [-0.15, -0.1) is 0 Å². The summed E-state index contributed by atoms with van der Waals surface area (Å²) >= 11 is 5.87. The summed E-state index contributed by atoms with van der Waals surface area (Å²) in [6.07, 6.45) is -2.78. The molecule has 0 radical (unpaired) electrons. The van der Waals surface area contributed by atoms with Crippen LogP contribution in [-0.2, 0) is 0 Å². The molecule has 0 spiro atoms. The molecule has 0 N–H and O–H groups in total. The number of para-hydroxylation sites is 1. The zero-order valence-corrected chi connectivity index (χ0v) is 12.6. The van der Waals surface area contributed by atoms with Crippen LogP contribution in [0.4, 0.5) is 13.2 Å². The predicted octanol–water partition coefficient (Wildman–Crippen LogP) is 4.12. The molecule has 0 unspecified atom stereocenters. The number of ketones is 1. The van der Waals surface area contributed by atoms with Crippen molar-refractivity contribution in [3.8, 4) is 0 Å². The second-order valence-electron chi connectivity index (χ2n) is 4.90. The third-order valence-corrected chi connectivity index (χ3v) is 3.72. The molecular formula is C16H8ClF3N2O2. The molecule has 8 heteroatoms. The Morgan fingerprint density at radius 3 is 2.42 bits per heavy atom. The number of halogens is 4. The van der Waals surface area contributed by atoms with Gasteiger partial charge in [0.25, 0.3) is 11.7 Å². The number of Topliss-reactive ketones (excluding diaryl/α,β-unsaturated/α-hetero) is 1. The van der Waals surface area contributed by atoms with Crippen LogP contribution in [0, 0.1) is 0 Å². The van der Waals surface area contributed by atoms with Gasteiger partial charge in [0.15, 0.2) is 0 Å². The molecule has 0 saturated carbocycles. The van der Waals surface area contributed by atoms with Crippen LogP contribution in [0.15, 0.2) is 48.8 Å². The van der Waals surface area contributed by atoms with Crippen molar-refractivity contribution < 1.29 is 22.8 Å². The minimum absolute atomic E-state index is 0.0194. The summed E-state index contributed by atoms with van der Waals surface area (Å²) in [4.78, 5) is 28.0. The Bertz CT molecular complexity index is 963. The first-order chi connectivity index (χ1) is 11.3. The second-order valence-corrected chi connectivity index (χ2v) is 5.26. The van der Waals surface area contributed by atoms with E-state index in [1.807, 2.05) is 0 Å². The summed E-state index contributed by atoms with van der Waals surface area (Å²) < 4.78 is 39.3. The lowest BCUT2D eigenvalue weighted by Gasteiger charge is -2.05. The van der Waals surface area contributed by atoms with Gasteiger partial charge in [0.05, 0.1) is 16.6 Å². The maximum atomic E-state index is 12.8. The summed E-state index contributed by atoms with van der Waals surface area (Å²) in [7, 11) is 0. The second kappa shape index (κ2) is 5.76. The number of fused-ring (bicyclic) bond motifs is 1. The fourth-order valence-corrected chi connectivity index (χ4v) is 2.56. The molecule has 0 saturated heterocycles. The molecule has 0 fully saturated rings. The minimum Gasteiger partial charge on any atom is -0.284 e. The number of aromatic nitrogens is 2. The van der Waals surface area contributed by atoms with E-state index in [1.54, 1.807) is 6.07 Å². The Morgan fingerprint density at radius 1 is 1.04 bits per heavy atom. The highest BCUT2D eigenvalue weighted by Gasteiger charge is 2.41. The van der Waals surface area contributed by atoms with E-state index in [-0.39, 0.29) is 21.6 Å². The number of nitrogens with zero attached hydrogens (tertiary/aromatic N) is 2. The molecule has 4 nitrogen and oxygen atoms in total. The largest absolute Gasteiger partial charge is 0.454 e.